The van der Waals surface area contributed by atoms with Gasteiger partial charge in [0.1, 0.15) is 0 Å². The van der Waals surface area contributed by atoms with Crippen LogP contribution in [0, 0.1) is 0 Å². The molecule has 4 heteroatoms. The second-order valence-corrected chi connectivity index (χ2v) is 2.58. The van der Waals surface area contributed by atoms with Crippen molar-refractivity contribution in [3.8, 4) is 0 Å². The van der Waals surface area contributed by atoms with E-state index < -0.39 is 0 Å². The SMILES string of the molecule is NCCc1cnc2ncccn12. The molecule has 2 aromatic rings. The number of fused-ring (bicyclic) bond motifs is 1. The Kier molecular flexibility index (Phi) is 1.75. The van der Waals surface area contributed by atoms with Crippen LogP contribution in [0.25, 0.3) is 5.78 Å². The van der Waals surface area contributed by atoms with Gasteiger partial charge in [0.05, 0.1) is 6.20 Å². The van der Waals surface area contributed by atoms with E-state index in [9.17, 15) is 0 Å². The van der Waals surface area contributed by atoms with Crippen molar-refractivity contribution in [1.29, 1.82) is 0 Å². The maximum atomic E-state index is 5.45. The average molecular weight is 162 g/mol. The molecule has 0 aliphatic rings. The summed E-state index contributed by atoms with van der Waals surface area (Å²) in [6.45, 7) is 0.642. The monoisotopic (exact) mass is 162 g/mol. The van der Waals surface area contributed by atoms with E-state index in [0.717, 1.165) is 17.9 Å². The van der Waals surface area contributed by atoms with Crippen molar-refractivity contribution < 1.29 is 0 Å². The Morgan fingerprint density at radius 1 is 1.42 bits per heavy atom. The second-order valence-electron chi connectivity index (χ2n) is 2.58. The van der Waals surface area contributed by atoms with Gasteiger partial charge < -0.3 is 5.73 Å². The summed E-state index contributed by atoms with van der Waals surface area (Å²) in [5, 5.41) is 0. The van der Waals surface area contributed by atoms with Crippen LogP contribution < -0.4 is 5.73 Å². The first-order valence-electron chi connectivity index (χ1n) is 3.89. The quantitative estimate of drug-likeness (QED) is 0.687. The standard InChI is InChI=1S/C8H10N4/c9-3-2-7-6-11-8-10-4-1-5-12(7)8/h1,4-6H,2-3,9H2. The highest BCUT2D eigenvalue weighted by Gasteiger charge is 2.00. The van der Waals surface area contributed by atoms with Crippen molar-refractivity contribution in [1.82, 2.24) is 14.4 Å². The highest BCUT2D eigenvalue weighted by molar-refractivity contribution is 5.30. The molecular formula is C8H10N4. The van der Waals surface area contributed by atoms with Crippen LogP contribution in [0.3, 0.4) is 0 Å². The minimum absolute atomic E-state index is 0.642. The van der Waals surface area contributed by atoms with Crippen LogP contribution in [0.5, 0.6) is 0 Å². The molecule has 0 aliphatic heterocycles. The Hall–Kier alpha value is -1.42. The third-order valence-electron chi connectivity index (χ3n) is 1.77. The molecule has 12 heavy (non-hydrogen) atoms. The topological polar surface area (TPSA) is 56.2 Å². The first-order chi connectivity index (χ1) is 5.92. The zero-order valence-corrected chi connectivity index (χ0v) is 6.64. The van der Waals surface area contributed by atoms with E-state index in [1.807, 2.05) is 22.9 Å². The molecule has 0 saturated heterocycles. The molecule has 2 aromatic heterocycles. The third kappa shape index (κ3) is 1.06. The number of nitrogens with two attached hydrogens (primary N) is 1. The fourth-order valence-corrected chi connectivity index (χ4v) is 1.21. The number of hydrogen-bond donors (Lipinski definition) is 1. The van der Waals surface area contributed by atoms with E-state index in [2.05, 4.69) is 9.97 Å². The zero-order valence-electron chi connectivity index (χ0n) is 6.64. The zero-order chi connectivity index (χ0) is 8.39. The van der Waals surface area contributed by atoms with E-state index >= 15 is 0 Å². The molecular weight excluding hydrogens is 152 g/mol. The molecule has 62 valence electrons. The Balaban J connectivity index is 2.55. The summed E-state index contributed by atoms with van der Waals surface area (Å²) < 4.78 is 1.95. The molecule has 0 amide bonds. The Bertz CT molecular complexity index is 379. The number of rotatable bonds is 2. The van der Waals surface area contributed by atoms with Gasteiger partial charge in [-0.15, -0.1) is 0 Å². The summed E-state index contributed by atoms with van der Waals surface area (Å²) in [6, 6.07) is 1.88. The Labute approximate surface area is 70.1 Å². The van der Waals surface area contributed by atoms with Crippen LogP contribution in [-0.4, -0.2) is 20.9 Å². The minimum atomic E-state index is 0.642. The molecule has 2 rings (SSSR count). The van der Waals surface area contributed by atoms with E-state index in [1.165, 1.54) is 0 Å². The summed E-state index contributed by atoms with van der Waals surface area (Å²) in [6.07, 6.45) is 6.33. The Morgan fingerprint density at radius 2 is 2.33 bits per heavy atom. The lowest BCUT2D eigenvalue weighted by Crippen LogP contribution is -2.04. The van der Waals surface area contributed by atoms with Crippen molar-refractivity contribution in [3.05, 3.63) is 30.4 Å². The van der Waals surface area contributed by atoms with Crippen LogP contribution in [0.15, 0.2) is 24.7 Å². The number of nitrogens with zero attached hydrogens (tertiary/aromatic N) is 3. The van der Waals surface area contributed by atoms with Crippen molar-refractivity contribution in [3.63, 3.8) is 0 Å². The smallest absolute Gasteiger partial charge is 0.233 e. The maximum absolute atomic E-state index is 5.45. The van der Waals surface area contributed by atoms with Crippen molar-refractivity contribution >= 4 is 5.78 Å². The third-order valence-corrected chi connectivity index (χ3v) is 1.77. The predicted octanol–water partition coefficient (Wildman–Crippen LogP) is 0.230. The van der Waals surface area contributed by atoms with E-state index in [-0.39, 0.29) is 0 Å². The van der Waals surface area contributed by atoms with Gasteiger partial charge in [-0.2, -0.15) is 0 Å². The molecule has 0 aromatic carbocycles. The molecule has 0 atom stereocenters. The first-order valence-corrected chi connectivity index (χ1v) is 3.89. The van der Waals surface area contributed by atoms with Gasteiger partial charge in [0.25, 0.3) is 0 Å². The summed E-state index contributed by atoms with van der Waals surface area (Å²) in [7, 11) is 0. The molecule has 0 unspecified atom stereocenters. The van der Waals surface area contributed by atoms with E-state index in [4.69, 9.17) is 5.73 Å². The molecule has 0 fully saturated rings. The van der Waals surface area contributed by atoms with Crippen molar-refractivity contribution in [2.75, 3.05) is 6.54 Å². The summed E-state index contributed by atoms with van der Waals surface area (Å²) in [5.74, 6) is 0.737. The van der Waals surface area contributed by atoms with Gasteiger partial charge in [0.2, 0.25) is 5.78 Å². The summed E-state index contributed by atoms with van der Waals surface area (Å²) in [4.78, 5) is 8.23. The highest BCUT2D eigenvalue weighted by Crippen LogP contribution is 2.02. The van der Waals surface area contributed by atoms with Gasteiger partial charge >= 0.3 is 0 Å². The van der Waals surface area contributed by atoms with Crippen LogP contribution in [0.4, 0.5) is 0 Å². The molecule has 0 saturated carbocycles. The Morgan fingerprint density at radius 3 is 3.17 bits per heavy atom. The van der Waals surface area contributed by atoms with Crippen LogP contribution in [0.1, 0.15) is 5.69 Å². The van der Waals surface area contributed by atoms with Gasteiger partial charge in [0, 0.05) is 24.5 Å². The van der Waals surface area contributed by atoms with Crippen molar-refractivity contribution in [2.45, 2.75) is 6.42 Å². The van der Waals surface area contributed by atoms with E-state index in [1.54, 1.807) is 6.20 Å². The lowest BCUT2D eigenvalue weighted by Gasteiger charge is -1.96. The van der Waals surface area contributed by atoms with Crippen LogP contribution >= 0.6 is 0 Å². The maximum Gasteiger partial charge on any atom is 0.233 e. The minimum Gasteiger partial charge on any atom is -0.330 e. The summed E-state index contributed by atoms with van der Waals surface area (Å²) in [5.41, 5.74) is 6.56. The van der Waals surface area contributed by atoms with Gasteiger partial charge in [0.15, 0.2) is 0 Å². The largest absolute Gasteiger partial charge is 0.330 e. The number of hydrogen-bond acceptors (Lipinski definition) is 3. The lowest BCUT2D eigenvalue weighted by molar-refractivity contribution is 0.899. The highest BCUT2D eigenvalue weighted by atomic mass is 15.1. The molecule has 0 spiro atoms. The van der Waals surface area contributed by atoms with Gasteiger partial charge in [-0.25, -0.2) is 9.97 Å². The first kappa shape index (κ1) is 7.24. The molecule has 0 radical (unpaired) electrons. The number of aromatic nitrogens is 3. The molecule has 0 bridgehead atoms. The fourth-order valence-electron chi connectivity index (χ4n) is 1.21. The lowest BCUT2D eigenvalue weighted by atomic mass is 10.3. The van der Waals surface area contributed by atoms with E-state index in [0.29, 0.717) is 6.54 Å². The van der Waals surface area contributed by atoms with Crippen LogP contribution in [0.2, 0.25) is 0 Å². The summed E-state index contributed by atoms with van der Waals surface area (Å²) >= 11 is 0. The van der Waals surface area contributed by atoms with Gasteiger partial charge in [-0.3, -0.25) is 4.40 Å². The fraction of sp³-hybridized carbons (Fsp3) is 0.250. The van der Waals surface area contributed by atoms with Crippen molar-refractivity contribution in [2.24, 2.45) is 5.73 Å². The second kappa shape index (κ2) is 2.91. The predicted molar refractivity (Wildman–Crippen MR) is 45.7 cm³/mol. The molecule has 2 N–H and O–H groups in total. The molecule has 2 heterocycles. The van der Waals surface area contributed by atoms with Gasteiger partial charge in [-0.05, 0) is 12.6 Å². The molecule has 0 aliphatic carbocycles. The average Bonchev–Trinajstić information content (AvgIpc) is 2.50. The number of imidazole rings is 1. The van der Waals surface area contributed by atoms with Gasteiger partial charge in [-0.1, -0.05) is 0 Å². The molecule has 4 nitrogen and oxygen atoms in total. The van der Waals surface area contributed by atoms with Crippen LogP contribution in [-0.2, 0) is 6.42 Å². The normalized spacial score (nSPS) is 10.8.